The Hall–Kier alpha value is -1.55. The molecule has 20 heavy (non-hydrogen) atoms. The van der Waals surface area contributed by atoms with Gasteiger partial charge in [0, 0.05) is 18.7 Å². The topological polar surface area (TPSA) is 55.6 Å². The van der Waals surface area contributed by atoms with Gasteiger partial charge in [0.2, 0.25) is 5.91 Å². The molecule has 2 N–H and O–H groups in total. The molecule has 0 spiro atoms. The van der Waals surface area contributed by atoms with Gasteiger partial charge in [0.1, 0.15) is 5.75 Å². The molecule has 0 aliphatic carbocycles. The zero-order valence-electron chi connectivity index (χ0n) is 12.2. The summed E-state index contributed by atoms with van der Waals surface area (Å²) in [7, 11) is 1.64. The second kappa shape index (κ2) is 7.29. The summed E-state index contributed by atoms with van der Waals surface area (Å²) < 4.78 is 5.31. The molecule has 1 heterocycles. The van der Waals surface area contributed by atoms with Crippen molar-refractivity contribution in [2.24, 2.45) is 11.7 Å². The number of hydrogen-bond donors (Lipinski definition) is 1. The predicted molar refractivity (Wildman–Crippen MR) is 79.7 cm³/mol. The Labute approximate surface area is 120 Å². The number of methoxy groups -OCH3 is 1. The van der Waals surface area contributed by atoms with Crippen LogP contribution in [-0.4, -0.2) is 37.6 Å². The number of nitrogens with zero attached hydrogens (tertiary/aromatic N) is 1. The first-order chi connectivity index (χ1) is 9.74. The number of piperidine rings is 1. The molecule has 1 aliphatic rings. The lowest BCUT2D eigenvalue weighted by molar-refractivity contribution is -0.132. The molecule has 1 saturated heterocycles. The van der Waals surface area contributed by atoms with Crippen LogP contribution in [0, 0.1) is 5.92 Å². The smallest absolute Gasteiger partial charge is 0.227 e. The molecular formula is C16H24N2O2. The summed E-state index contributed by atoms with van der Waals surface area (Å²) in [6, 6.07) is 7.72. The summed E-state index contributed by atoms with van der Waals surface area (Å²) in [5.41, 5.74) is 6.58. The van der Waals surface area contributed by atoms with Crippen LogP contribution in [0.5, 0.6) is 5.75 Å². The number of carbonyl (C=O) groups is 1. The van der Waals surface area contributed by atoms with E-state index in [-0.39, 0.29) is 5.91 Å². The summed E-state index contributed by atoms with van der Waals surface area (Å²) in [5, 5.41) is 0. The Morgan fingerprint density at radius 1 is 1.45 bits per heavy atom. The fraction of sp³-hybridized carbons (Fsp3) is 0.562. The van der Waals surface area contributed by atoms with Crippen LogP contribution in [-0.2, 0) is 11.2 Å². The summed E-state index contributed by atoms with van der Waals surface area (Å²) in [6.07, 6.45) is 3.70. The lowest BCUT2D eigenvalue weighted by Crippen LogP contribution is -2.41. The van der Waals surface area contributed by atoms with Crippen molar-refractivity contribution < 1.29 is 9.53 Å². The molecule has 110 valence electrons. The Morgan fingerprint density at radius 2 is 2.25 bits per heavy atom. The Kier molecular flexibility index (Phi) is 5.41. The van der Waals surface area contributed by atoms with E-state index < -0.39 is 0 Å². The highest BCUT2D eigenvalue weighted by molar-refractivity contribution is 5.79. The second-order valence-electron chi connectivity index (χ2n) is 5.41. The predicted octanol–water partition coefficient (Wildman–Crippen LogP) is 1.83. The molecule has 0 saturated carbocycles. The van der Waals surface area contributed by atoms with Crippen molar-refractivity contribution in [2.45, 2.75) is 25.7 Å². The van der Waals surface area contributed by atoms with Gasteiger partial charge in [0.15, 0.2) is 0 Å². The first-order valence-corrected chi connectivity index (χ1v) is 7.34. The van der Waals surface area contributed by atoms with Crippen LogP contribution in [0.15, 0.2) is 24.3 Å². The molecule has 4 nitrogen and oxygen atoms in total. The summed E-state index contributed by atoms with van der Waals surface area (Å²) in [4.78, 5) is 14.4. The molecule has 1 atom stereocenters. The summed E-state index contributed by atoms with van der Waals surface area (Å²) in [6.45, 7) is 2.43. The van der Waals surface area contributed by atoms with Gasteiger partial charge in [0.25, 0.3) is 0 Å². The lowest BCUT2D eigenvalue weighted by Gasteiger charge is -2.32. The largest absolute Gasteiger partial charge is 0.496 e. The number of ether oxygens (including phenoxy) is 1. The van der Waals surface area contributed by atoms with E-state index in [1.807, 2.05) is 29.2 Å². The molecule has 1 aromatic rings. The summed E-state index contributed by atoms with van der Waals surface area (Å²) in [5.74, 6) is 1.54. The molecule has 1 fully saturated rings. The Balaban J connectivity index is 1.97. The number of para-hydroxylation sites is 1. The van der Waals surface area contributed by atoms with Crippen LogP contribution in [0.4, 0.5) is 0 Å². The van der Waals surface area contributed by atoms with E-state index in [9.17, 15) is 4.79 Å². The van der Waals surface area contributed by atoms with E-state index in [4.69, 9.17) is 10.5 Å². The molecular weight excluding hydrogens is 252 g/mol. The maximum atomic E-state index is 12.4. The molecule has 0 radical (unpaired) electrons. The standard InChI is InChI=1S/C16H24N2O2/c1-20-15-7-3-2-6-14(15)11-16(19)18-10-4-5-13(12-18)8-9-17/h2-3,6-7,13H,4-5,8-12,17H2,1H3. The van der Waals surface area contributed by atoms with Crippen molar-refractivity contribution in [3.05, 3.63) is 29.8 Å². The van der Waals surface area contributed by atoms with Crippen LogP contribution < -0.4 is 10.5 Å². The normalized spacial score (nSPS) is 18.9. The van der Waals surface area contributed by atoms with Crippen molar-refractivity contribution in [2.75, 3.05) is 26.7 Å². The third-order valence-electron chi connectivity index (χ3n) is 3.98. The van der Waals surface area contributed by atoms with E-state index >= 15 is 0 Å². The summed E-state index contributed by atoms with van der Waals surface area (Å²) >= 11 is 0. The van der Waals surface area contributed by atoms with Gasteiger partial charge >= 0.3 is 0 Å². The molecule has 1 amide bonds. The number of benzene rings is 1. The minimum absolute atomic E-state index is 0.191. The molecule has 0 bridgehead atoms. The highest BCUT2D eigenvalue weighted by atomic mass is 16.5. The third kappa shape index (κ3) is 3.73. The van der Waals surface area contributed by atoms with E-state index in [0.29, 0.717) is 18.9 Å². The highest BCUT2D eigenvalue weighted by Crippen LogP contribution is 2.22. The third-order valence-corrected chi connectivity index (χ3v) is 3.98. The molecule has 2 rings (SSSR count). The SMILES string of the molecule is COc1ccccc1CC(=O)N1CCCC(CCN)C1. The van der Waals surface area contributed by atoms with Crippen molar-refractivity contribution >= 4 is 5.91 Å². The van der Waals surface area contributed by atoms with Gasteiger partial charge < -0.3 is 15.4 Å². The first kappa shape index (κ1) is 14.9. The average Bonchev–Trinajstić information content (AvgIpc) is 2.48. The van der Waals surface area contributed by atoms with E-state index in [1.165, 1.54) is 6.42 Å². The highest BCUT2D eigenvalue weighted by Gasteiger charge is 2.23. The number of likely N-dealkylation sites (tertiary alicyclic amines) is 1. The Morgan fingerprint density at radius 3 is 3.00 bits per heavy atom. The molecule has 4 heteroatoms. The van der Waals surface area contributed by atoms with Crippen molar-refractivity contribution in [1.29, 1.82) is 0 Å². The van der Waals surface area contributed by atoms with E-state index in [1.54, 1.807) is 7.11 Å². The van der Waals surface area contributed by atoms with Gasteiger partial charge in [-0.2, -0.15) is 0 Å². The average molecular weight is 276 g/mol. The fourth-order valence-electron chi connectivity index (χ4n) is 2.89. The van der Waals surface area contributed by atoms with Gasteiger partial charge in [-0.15, -0.1) is 0 Å². The van der Waals surface area contributed by atoms with Gasteiger partial charge in [-0.1, -0.05) is 18.2 Å². The van der Waals surface area contributed by atoms with Gasteiger partial charge in [0.05, 0.1) is 13.5 Å². The van der Waals surface area contributed by atoms with E-state index in [0.717, 1.165) is 37.2 Å². The van der Waals surface area contributed by atoms with Crippen LogP contribution >= 0.6 is 0 Å². The number of carbonyl (C=O) groups excluding carboxylic acids is 1. The van der Waals surface area contributed by atoms with Gasteiger partial charge in [-0.05, 0) is 37.8 Å². The second-order valence-corrected chi connectivity index (χ2v) is 5.41. The zero-order valence-corrected chi connectivity index (χ0v) is 12.2. The maximum absolute atomic E-state index is 12.4. The molecule has 1 unspecified atom stereocenters. The quantitative estimate of drug-likeness (QED) is 0.892. The lowest BCUT2D eigenvalue weighted by atomic mass is 9.94. The Bertz CT molecular complexity index is 446. The minimum atomic E-state index is 0.191. The maximum Gasteiger partial charge on any atom is 0.227 e. The van der Waals surface area contributed by atoms with Crippen LogP contribution in [0.2, 0.25) is 0 Å². The van der Waals surface area contributed by atoms with Crippen LogP contribution in [0.25, 0.3) is 0 Å². The van der Waals surface area contributed by atoms with E-state index in [2.05, 4.69) is 0 Å². The molecule has 0 aromatic heterocycles. The molecule has 1 aromatic carbocycles. The number of nitrogens with two attached hydrogens (primary N) is 1. The molecule has 1 aliphatic heterocycles. The van der Waals surface area contributed by atoms with Gasteiger partial charge in [-0.25, -0.2) is 0 Å². The van der Waals surface area contributed by atoms with Crippen LogP contribution in [0.3, 0.4) is 0 Å². The van der Waals surface area contributed by atoms with Crippen LogP contribution in [0.1, 0.15) is 24.8 Å². The van der Waals surface area contributed by atoms with Crippen molar-refractivity contribution in [3.8, 4) is 5.75 Å². The van der Waals surface area contributed by atoms with Crippen molar-refractivity contribution in [1.82, 2.24) is 4.90 Å². The number of rotatable bonds is 5. The number of hydrogen-bond acceptors (Lipinski definition) is 3. The van der Waals surface area contributed by atoms with Gasteiger partial charge in [-0.3, -0.25) is 4.79 Å². The fourth-order valence-corrected chi connectivity index (χ4v) is 2.89. The first-order valence-electron chi connectivity index (χ1n) is 7.34. The number of amides is 1. The monoisotopic (exact) mass is 276 g/mol. The minimum Gasteiger partial charge on any atom is -0.496 e. The zero-order chi connectivity index (χ0) is 14.4. The van der Waals surface area contributed by atoms with Crippen molar-refractivity contribution in [3.63, 3.8) is 0 Å².